The van der Waals surface area contributed by atoms with E-state index in [9.17, 15) is 18.0 Å². The molecular formula is C25H28N4O7S3. The highest BCUT2D eigenvalue weighted by Gasteiger charge is 2.38. The minimum absolute atomic E-state index is 0.0489. The quantitative estimate of drug-likeness (QED) is 0.234. The number of nitrogens with one attached hydrogen (secondary N) is 1. The second kappa shape index (κ2) is 11.4. The summed E-state index contributed by atoms with van der Waals surface area (Å²) in [5.74, 6) is -0.169. The Labute approximate surface area is 234 Å². The van der Waals surface area contributed by atoms with E-state index in [0.717, 1.165) is 28.7 Å². The van der Waals surface area contributed by atoms with Gasteiger partial charge in [0.25, 0.3) is 15.9 Å². The molecule has 0 spiro atoms. The summed E-state index contributed by atoms with van der Waals surface area (Å²) < 4.78 is 45.1. The predicted molar refractivity (Wildman–Crippen MR) is 148 cm³/mol. The van der Waals surface area contributed by atoms with E-state index in [0.29, 0.717) is 15.8 Å². The van der Waals surface area contributed by atoms with Crippen LogP contribution in [0.5, 0.6) is 11.5 Å². The van der Waals surface area contributed by atoms with Gasteiger partial charge < -0.3 is 14.2 Å². The van der Waals surface area contributed by atoms with Crippen LogP contribution in [0.25, 0.3) is 0 Å². The predicted octanol–water partition coefficient (Wildman–Crippen LogP) is 3.70. The van der Waals surface area contributed by atoms with Gasteiger partial charge in [-0.3, -0.25) is 19.2 Å². The molecule has 2 aromatic carbocycles. The molecule has 0 fully saturated rings. The third-order valence-corrected chi connectivity index (χ3v) is 9.55. The Bertz CT molecular complexity index is 1470. The van der Waals surface area contributed by atoms with Crippen molar-refractivity contribution in [1.82, 2.24) is 10.2 Å². The van der Waals surface area contributed by atoms with Crippen LogP contribution in [-0.2, 0) is 29.8 Å². The number of methoxy groups -OCH3 is 2. The minimum atomic E-state index is -4.07. The molecule has 0 saturated carbocycles. The first-order chi connectivity index (χ1) is 18.4. The maximum Gasteiger partial charge on any atom is 0.316 e. The zero-order chi connectivity index (χ0) is 28.4. The van der Waals surface area contributed by atoms with Crippen molar-refractivity contribution < 1.29 is 32.2 Å². The van der Waals surface area contributed by atoms with Crippen molar-refractivity contribution in [2.75, 3.05) is 36.1 Å². The zero-order valence-corrected chi connectivity index (χ0v) is 24.4. The average Bonchev–Trinajstić information content (AvgIpc) is 3.37. The molecule has 4 rings (SSSR count). The first-order valence-corrected chi connectivity index (χ1v) is 15.0. The van der Waals surface area contributed by atoms with Crippen LogP contribution in [-0.4, -0.2) is 63.1 Å². The van der Waals surface area contributed by atoms with E-state index in [1.807, 2.05) is 26.8 Å². The van der Waals surface area contributed by atoms with Crippen LogP contribution in [0.1, 0.15) is 26.3 Å². The number of nitrogens with zero attached hydrogens (tertiary/aromatic N) is 3. The lowest BCUT2D eigenvalue weighted by atomic mass is 9.86. The van der Waals surface area contributed by atoms with E-state index < -0.39 is 28.0 Å². The van der Waals surface area contributed by atoms with Crippen molar-refractivity contribution in [2.45, 2.75) is 41.5 Å². The Hall–Kier alpha value is -3.36. The van der Waals surface area contributed by atoms with Gasteiger partial charge in [-0.1, -0.05) is 49.9 Å². The third kappa shape index (κ3) is 6.45. The van der Waals surface area contributed by atoms with Crippen LogP contribution < -0.4 is 19.1 Å². The van der Waals surface area contributed by atoms with Crippen LogP contribution in [0, 0.1) is 0 Å². The highest BCUT2D eigenvalue weighted by Crippen LogP contribution is 2.40. The topological polar surface area (TPSA) is 137 Å². The van der Waals surface area contributed by atoms with E-state index in [1.54, 1.807) is 24.3 Å². The zero-order valence-electron chi connectivity index (χ0n) is 22.0. The number of carbonyl (C=O) groups is 2. The molecule has 14 heteroatoms. The number of hydrogen-bond donors (Lipinski definition) is 1. The van der Waals surface area contributed by atoms with E-state index >= 15 is 0 Å². The van der Waals surface area contributed by atoms with Gasteiger partial charge in [0.15, 0.2) is 10.4 Å². The summed E-state index contributed by atoms with van der Waals surface area (Å²) >= 11 is 2.20. The largest absolute Gasteiger partial charge is 0.497 e. The maximum absolute atomic E-state index is 13.8. The van der Waals surface area contributed by atoms with Gasteiger partial charge in [0.1, 0.15) is 11.5 Å². The summed E-state index contributed by atoms with van der Waals surface area (Å²) in [6, 6.07) is 11.4. The first kappa shape index (κ1) is 28.6. The number of esters is 1. The highest BCUT2D eigenvalue weighted by atomic mass is 32.2. The van der Waals surface area contributed by atoms with Crippen molar-refractivity contribution in [1.29, 1.82) is 0 Å². The Kier molecular flexibility index (Phi) is 8.37. The molecule has 11 nitrogen and oxygen atoms in total. The van der Waals surface area contributed by atoms with Gasteiger partial charge in [-0.05, 0) is 47.4 Å². The van der Waals surface area contributed by atoms with Crippen molar-refractivity contribution in [3.63, 3.8) is 0 Å². The summed E-state index contributed by atoms with van der Waals surface area (Å²) in [6.45, 7) is 5.81. The molecule has 0 saturated heterocycles. The van der Waals surface area contributed by atoms with Gasteiger partial charge >= 0.3 is 5.97 Å². The number of thioether (sulfide) groups is 1. The lowest BCUT2D eigenvalue weighted by Gasteiger charge is -2.35. The summed E-state index contributed by atoms with van der Waals surface area (Å²) in [5, 5.41) is 10.7. The third-order valence-electron chi connectivity index (χ3n) is 5.81. The fraction of sp³-hybridized carbons (Fsp3) is 0.360. The molecule has 1 atom stereocenters. The van der Waals surface area contributed by atoms with E-state index in [-0.39, 0.29) is 33.5 Å². The minimum Gasteiger partial charge on any atom is -0.497 e. The summed E-state index contributed by atoms with van der Waals surface area (Å²) in [5.41, 5.74) is 1.01. The molecule has 39 heavy (non-hydrogen) atoms. The molecular weight excluding hydrogens is 564 g/mol. The van der Waals surface area contributed by atoms with Crippen LogP contribution >= 0.6 is 23.1 Å². The second-order valence-electron chi connectivity index (χ2n) is 9.48. The van der Waals surface area contributed by atoms with Crippen molar-refractivity contribution in [3.05, 3.63) is 48.0 Å². The lowest BCUT2D eigenvalue weighted by Crippen LogP contribution is -2.49. The molecule has 0 unspecified atom stereocenters. The Morgan fingerprint density at radius 2 is 1.87 bits per heavy atom. The number of carbonyl (C=O) groups excluding carboxylic acids is 2. The molecule has 0 radical (unpaired) electrons. The molecule has 1 aliphatic rings. The molecule has 208 valence electrons. The smallest absolute Gasteiger partial charge is 0.316 e. The Morgan fingerprint density at radius 3 is 2.51 bits per heavy atom. The van der Waals surface area contributed by atoms with Crippen LogP contribution in [0.2, 0.25) is 0 Å². The van der Waals surface area contributed by atoms with E-state index in [2.05, 4.69) is 20.3 Å². The lowest BCUT2D eigenvalue weighted by molar-refractivity contribution is -0.137. The van der Waals surface area contributed by atoms with Gasteiger partial charge in [-0.2, -0.15) is 0 Å². The number of hydrogen-bond acceptors (Lipinski definition) is 11. The number of rotatable bonds is 8. The summed E-state index contributed by atoms with van der Waals surface area (Å²) in [7, 11) is -1.28. The van der Waals surface area contributed by atoms with Crippen LogP contribution in [0.15, 0.2) is 51.7 Å². The number of anilines is 2. The van der Waals surface area contributed by atoms with E-state index in [1.165, 1.54) is 30.7 Å². The number of sulfonamides is 1. The number of fused-ring (bicyclic) bond motifs is 1. The van der Waals surface area contributed by atoms with Gasteiger partial charge in [0.2, 0.25) is 5.13 Å². The number of aromatic nitrogens is 2. The van der Waals surface area contributed by atoms with Crippen LogP contribution in [0.4, 0.5) is 10.8 Å². The molecule has 0 bridgehead atoms. The Morgan fingerprint density at radius 1 is 1.15 bits per heavy atom. The number of ether oxygens (including phenoxy) is 3. The van der Waals surface area contributed by atoms with Gasteiger partial charge in [-0.25, -0.2) is 8.42 Å². The SMILES string of the molecule is COC(=O)CSc1nnc(NC(=O)[C@H]2CN(S(=O)(=O)c3ccc(OC)cc3)c3cc(C(C)(C)C)ccc3O2)s1. The molecule has 1 aromatic heterocycles. The highest BCUT2D eigenvalue weighted by molar-refractivity contribution is 8.01. The molecule has 1 amide bonds. The number of benzene rings is 2. The van der Waals surface area contributed by atoms with Crippen LogP contribution in [0.3, 0.4) is 0 Å². The fourth-order valence-corrected chi connectivity index (χ4v) is 6.70. The number of amides is 1. The van der Waals surface area contributed by atoms with Gasteiger partial charge in [0, 0.05) is 0 Å². The molecule has 0 aliphatic carbocycles. The molecule has 1 N–H and O–H groups in total. The summed E-state index contributed by atoms with van der Waals surface area (Å²) in [6.07, 6.45) is -1.17. The molecule has 1 aliphatic heterocycles. The second-order valence-corrected chi connectivity index (χ2v) is 13.5. The van der Waals surface area contributed by atoms with Crippen molar-refractivity contribution in [3.8, 4) is 11.5 Å². The standard InChI is InChI=1S/C25H28N4O7S3/c1-25(2,3)15-6-11-19-18(12-15)29(39(32,33)17-9-7-16(34-4)8-10-17)13-20(36-19)22(31)26-23-27-28-24(38-23)37-14-21(30)35-5/h6-12,20H,13-14H2,1-5H3,(H,26,27,31)/t20-/m1/s1. The maximum atomic E-state index is 13.8. The van der Waals surface area contributed by atoms with Crippen molar-refractivity contribution in [2.24, 2.45) is 0 Å². The Balaban J connectivity index is 1.63. The summed E-state index contributed by atoms with van der Waals surface area (Å²) in [4.78, 5) is 24.6. The molecule has 3 aromatic rings. The average molecular weight is 593 g/mol. The monoisotopic (exact) mass is 592 g/mol. The first-order valence-electron chi connectivity index (χ1n) is 11.7. The van der Waals surface area contributed by atoms with Crippen molar-refractivity contribution >= 4 is 55.8 Å². The normalized spacial score (nSPS) is 15.2. The van der Waals surface area contributed by atoms with Gasteiger partial charge in [-0.15, -0.1) is 10.2 Å². The molecule has 2 heterocycles. The van der Waals surface area contributed by atoms with E-state index in [4.69, 9.17) is 9.47 Å². The van der Waals surface area contributed by atoms with Gasteiger partial charge in [0.05, 0.1) is 37.1 Å². The fourth-order valence-electron chi connectivity index (χ4n) is 3.64.